The highest BCUT2D eigenvalue weighted by molar-refractivity contribution is 5.96. The van der Waals surface area contributed by atoms with Gasteiger partial charge in [-0.1, -0.05) is 30.3 Å². The summed E-state index contributed by atoms with van der Waals surface area (Å²) in [6.45, 7) is 0.563. The van der Waals surface area contributed by atoms with Gasteiger partial charge in [-0.25, -0.2) is 4.39 Å². The predicted octanol–water partition coefficient (Wildman–Crippen LogP) is 3.25. The smallest absolute Gasteiger partial charge is 0.227 e. The van der Waals surface area contributed by atoms with Gasteiger partial charge in [-0.05, 0) is 36.6 Å². The zero-order chi connectivity index (χ0) is 19.2. The Hall–Kier alpha value is -2.89. The van der Waals surface area contributed by atoms with Crippen molar-refractivity contribution in [2.24, 2.45) is 5.92 Å². The van der Waals surface area contributed by atoms with E-state index in [0.29, 0.717) is 19.4 Å². The molecule has 3 rings (SSSR count). The Kier molecular flexibility index (Phi) is 6.06. The maximum atomic E-state index is 13.5. The van der Waals surface area contributed by atoms with E-state index in [9.17, 15) is 14.0 Å². The van der Waals surface area contributed by atoms with Crippen molar-refractivity contribution in [1.82, 2.24) is 4.90 Å². The highest BCUT2D eigenvalue weighted by Crippen LogP contribution is 2.27. The van der Waals surface area contributed by atoms with Crippen LogP contribution < -0.4 is 10.1 Å². The van der Waals surface area contributed by atoms with Crippen molar-refractivity contribution in [2.45, 2.75) is 19.3 Å². The molecule has 1 heterocycles. The zero-order valence-electron chi connectivity index (χ0n) is 15.3. The van der Waals surface area contributed by atoms with Crippen LogP contribution in [0, 0.1) is 11.7 Å². The quantitative estimate of drug-likeness (QED) is 0.814. The normalized spacial score (nSPS) is 15.6. The molecule has 2 aromatic rings. The number of carbonyl (C=O) groups excluding carboxylic acids is 2. The van der Waals surface area contributed by atoms with E-state index in [0.717, 1.165) is 11.3 Å². The van der Waals surface area contributed by atoms with Gasteiger partial charge in [0.15, 0.2) is 11.6 Å². The van der Waals surface area contributed by atoms with E-state index in [2.05, 4.69) is 5.32 Å². The molecule has 1 N–H and O–H groups in total. The molecule has 142 valence electrons. The fraction of sp³-hybridized carbons (Fsp3) is 0.333. The first-order valence-electron chi connectivity index (χ1n) is 9.04. The fourth-order valence-corrected chi connectivity index (χ4v) is 3.11. The summed E-state index contributed by atoms with van der Waals surface area (Å²) < 4.78 is 18.9. The third-order valence-corrected chi connectivity index (χ3v) is 4.77. The van der Waals surface area contributed by atoms with Crippen LogP contribution >= 0.6 is 0 Å². The Bertz CT molecular complexity index is 825. The molecule has 2 aromatic carbocycles. The predicted molar refractivity (Wildman–Crippen MR) is 101 cm³/mol. The number of ether oxygens (including phenoxy) is 1. The molecule has 1 aliphatic rings. The van der Waals surface area contributed by atoms with E-state index in [4.69, 9.17) is 4.74 Å². The first-order chi connectivity index (χ1) is 13.0. The van der Waals surface area contributed by atoms with E-state index in [1.54, 1.807) is 30.1 Å². The van der Waals surface area contributed by atoms with Crippen molar-refractivity contribution < 1.29 is 18.7 Å². The average molecular weight is 370 g/mol. The molecule has 1 unspecified atom stereocenters. The van der Waals surface area contributed by atoms with Crippen LogP contribution in [0.5, 0.6) is 5.75 Å². The van der Waals surface area contributed by atoms with Gasteiger partial charge in [-0.15, -0.1) is 0 Å². The van der Waals surface area contributed by atoms with Crippen LogP contribution in [-0.4, -0.2) is 36.9 Å². The standard InChI is InChI=1S/C21H23FN2O3/c1-24(12-13-27-19-9-5-3-7-17(19)22)20(25)11-10-16-14-15-6-2-4-8-18(15)23-21(16)26/h2-9,16H,10-14H2,1H3,(H,23,26). The largest absolute Gasteiger partial charge is 0.489 e. The molecule has 0 radical (unpaired) electrons. The monoisotopic (exact) mass is 370 g/mol. The lowest BCUT2D eigenvalue weighted by molar-refractivity contribution is -0.130. The molecular formula is C21H23FN2O3. The van der Waals surface area contributed by atoms with Gasteiger partial charge >= 0.3 is 0 Å². The molecule has 0 fully saturated rings. The second-order valence-corrected chi connectivity index (χ2v) is 6.68. The first-order valence-corrected chi connectivity index (χ1v) is 9.04. The molecule has 2 amide bonds. The molecule has 0 saturated carbocycles. The maximum Gasteiger partial charge on any atom is 0.227 e. The van der Waals surface area contributed by atoms with Crippen LogP contribution in [0.1, 0.15) is 18.4 Å². The molecule has 5 nitrogen and oxygen atoms in total. The number of hydrogen-bond donors (Lipinski definition) is 1. The minimum Gasteiger partial charge on any atom is -0.489 e. The number of fused-ring (bicyclic) bond motifs is 1. The van der Waals surface area contributed by atoms with Gasteiger partial charge in [0, 0.05) is 25.1 Å². The number of rotatable bonds is 7. The number of anilines is 1. The lowest BCUT2D eigenvalue weighted by Gasteiger charge is -2.25. The van der Waals surface area contributed by atoms with Crippen LogP contribution in [-0.2, 0) is 16.0 Å². The molecule has 1 aliphatic heterocycles. The zero-order valence-corrected chi connectivity index (χ0v) is 15.3. The Morgan fingerprint density at radius 3 is 2.78 bits per heavy atom. The first kappa shape index (κ1) is 18.9. The summed E-state index contributed by atoms with van der Waals surface area (Å²) in [4.78, 5) is 26.1. The third kappa shape index (κ3) is 4.84. The molecule has 0 spiro atoms. The average Bonchev–Trinajstić information content (AvgIpc) is 2.67. The van der Waals surface area contributed by atoms with E-state index in [1.165, 1.54) is 6.07 Å². The van der Waals surface area contributed by atoms with Gasteiger partial charge in [-0.3, -0.25) is 9.59 Å². The van der Waals surface area contributed by atoms with Crippen molar-refractivity contribution in [3.63, 3.8) is 0 Å². The van der Waals surface area contributed by atoms with Crippen molar-refractivity contribution in [2.75, 3.05) is 25.5 Å². The van der Waals surface area contributed by atoms with Gasteiger partial charge in [0.05, 0.1) is 6.54 Å². The number of halogens is 1. The number of amides is 2. The van der Waals surface area contributed by atoms with E-state index in [-0.39, 0.29) is 36.5 Å². The number of nitrogens with one attached hydrogen (secondary N) is 1. The van der Waals surface area contributed by atoms with Gasteiger partial charge in [-0.2, -0.15) is 0 Å². The number of nitrogens with zero attached hydrogens (tertiary/aromatic N) is 1. The van der Waals surface area contributed by atoms with Gasteiger partial charge < -0.3 is 15.0 Å². The molecule has 0 bridgehead atoms. The van der Waals surface area contributed by atoms with Crippen molar-refractivity contribution in [3.05, 3.63) is 59.9 Å². The summed E-state index contributed by atoms with van der Waals surface area (Å²) in [5.74, 6) is -0.538. The van der Waals surface area contributed by atoms with Gasteiger partial charge in [0.1, 0.15) is 6.61 Å². The number of para-hydroxylation sites is 2. The van der Waals surface area contributed by atoms with Crippen LogP contribution in [0.4, 0.5) is 10.1 Å². The summed E-state index contributed by atoms with van der Waals surface area (Å²) in [5.41, 5.74) is 1.95. The van der Waals surface area contributed by atoms with Crippen molar-refractivity contribution in [1.29, 1.82) is 0 Å². The fourth-order valence-electron chi connectivity index (χ4n) is 3.11. The second kappa shape index (κ2) is 8.66. The summed E-state index contributed by atoms with van der Waals surface area (Å²) in [6.07, 6.45) is 1.43. The van der Waals surface area contributed by atoms with Crippen LogP contribution in [0.25, 0.3) is 0 Å². The Morgan fingerprint density at radius 1 is 1.22 bits per heavy atom. The molecule has 6 heteroatoms. The topological polar surface area (TPSA) is 58.6 Å². The Labute approximate surface area is 158 Å². The van der Waals surface area contributed by atoms with E-state index in [1.807, 2.05) is 24.3 Å². The van der Waals surface area contributed by atoms with Gasteiger partial charge in [0.25, 0.3) is 0 Å². The highest BCUT2D eigenvalue weighted by atomic mass is 19.1. The number of hydrogen-bond acceptors (Lipinski definition) is 3. The van der Waals surface area contributed by atoms with E-state index < -0.39 is 5.82 Å². The molecule has 0 aliphatic carbocycles. The number of benzene rings is 2. The SMILES string of the molecule is CN(CCOc1ccccc1F)C(=O)CCC1Cc2ccccc2NC1=O. The Balaban J connectivity index is 1.43. The molecule has 1 atom stereocenters. The maximum absolute atomic E-state index is 13.5. The summed E-state index contributed by atoms with van der Waals surface area (Å²) in [7, 11) is 1.68. The Morgan fingerprint density at radius 2 is 1.96 bits per heavy atom. The molecule has 0 aromatic heterocycles. The highest BCUT2D eigenvalue weighted by Gasteiger charge is 2.26. The van der Waals surface area contributed by atoms with Crippen molar-refractivity contribution >= 4 is 17.5 Å². The molecule has 27 heavy (non-hydrogen) atoms. The van der Waals surface area contributed by atoms with Crippen LogP contribution in [0.15, 0.2) is 48.5 Å². The minimum absolute atomic E-state index is 0.0351. The van der Waals surface area contributed by atoms with Crippen LogP contribution in [0.3, 0.4) is 0 Å². The van der Waals surface area contributed by atoms with Gasteiger partial charge in [0.2, 0.25) is 11.8 Å². The van der Waals surface area contributed by atoms with Crippen LogP contribution in [0.2, 0.25) is 0 Å². The lowest BCUT2D eigenvalue weighted by Crippen LogP contribution is -2.34. The summed E-state index contributed by atoms with van der Waals surface area (Å²) >= 11 is 0. The number of carbonyl (C=O) groups is 2. The lowest BCUT2D eigenvalue weighted by atomic mass is 9.89. The summed E-state index contributed by atoms with van der Waals surface area (Å²) in [6, 6.07) is 13.9. The number of likely N-dealkylation sites (N-methyl/N-ethyl adjacent to an activating group) is 1. The third-order valence-electron chi connectivity index (χ3n) is 4.77. The van der Waals surface area contributed by atoms with E-state index >= 15 is 0 Å². The molecular weight excluding hydrogens is 347 g/mol. The second-order valence-electron chi connectivity index (χ2n) is 6.68. The summed E-state index contributed by atoms with van der Waals surface area (Å²) in [5, 5.41) is 2.90. The molecule has 0 saturated heterocycles. The van der Waals surface area contributed by atoms with Crippen molar-refractivity contribution in [3.8, 4) is 5.75 Å². The minimum atomic E-state index is -0.421.